The Hall–Kier alpha value is -0.710. The van der Waals surface area contributed by atoms with Gasteiger partial charge in [0.05, 0.1) is 0 Å². The number of aliphatic carboxylic acids is 1. The van der Waals surface area contributed by atoms with E-state index >= 15 is 0 Å². The van der Waals surface area contributed by atoms with Crippen LogP contribution in [0.15, 0.2) is 0 Å². The van der Waals surface area contributed by atoms with Crippen molar-refractivity contribution in [2.75, 3.05) is 6.54 Å². The molecule has 1 aliphatic rings. The van der Waals surface area contributed by atoms with E-state index in [0.717, 1.165) is 19.4 Å². The Morgan fingerprint density at radius 2 is 2.47 bits per heavy atom. The van der Waals surface area contributed by atoms with Crippen molar-refractivity contribution in [3.8, 4) is 0 Å². The third-order valence-electron chi connectivity index (χ3n) is 2.44. The van der Waals surface area contributed by atoms with E-state index in [0.29, 0.717) is 12.8 Å². The smallest absolute Gasteiger partial charge is 0.316 e. The van der Waals surface area contributed by atoms with Crippen LogP contribution in [0.5, 0.6) is 0 Å². The third kappa shape index (κ3) is 4.11. The van der Waals surface area contributed by atoms with E-state index in [1.807, 2.05) is 6.92 Å². The van der Waals surface area contributed by atoms with Crippen molar-refractivity contribution in [3.05, 3.63) is 0 Å². The van der Waals surface area contributed by atoms with Gasteiger partial charge in [-0.05, 0) is 19.3 Å². The molecule has 86 valence electrons. The molecular formula is C10H17NO3S. The first-order valence-electron chi connectivity index (χ1n) is 5.28. The second-order valence-electron chi connectivity index (χ2n) is 3.69. The van der Waals surface area contributed by atoms with Gasteiger partial charge >= 0.3 is 5.97 Å². The molecule has 2 N–H and O–H groups in total. The summed E-state index contributed by atoms with van der Waals surface area (Å²) < 4.78 is 0. The lowest BCUT2D eigenvalue weighted by molar-refractivity contribution is -0.136. The minimum absolute atomic E-state index is 0.0465. The molecule has 1 heterocycles. The lowest BCUT2D eigenvalue weighted by Crippen LogP contribution is -2.24. The number of rotatable bonds is 4. The van der Waals surface area contributed by atoms with Gasteiger partial charge in [-0.15, -0.1) is 11.8 Å². The van der Waals surface area contributed by atoms with E-state index in [-0.39, 0.29) is 16.4 Å². The summed E-state index contributed by atoms with van der Waals surface area (Å²) in [6.07, 6.45) is 2.93. The average molecular weight is 231 g/mol. The normalized spacial score (nSPS) is 24.1. The predicted molar refractivity (Wildman–Crippen MR) is 60.0 cm³/mol. The molecule has 1 fully saturated rings. The Morgan fingerprint density at radius 1 is 1.73 bits per heavy atom. The Balaban J connectivity index is 2.47. The number of carbonyl (C=O) groups is 2. The monoisotopic (exact) mass is 231 g/mol. The minimum atomic E-state index is -0.771. The first-order chi connectivity index (χ1) is 7.13. The fourth-order valence-electron chi connectivity index (χ4n) is 1.62. The van der Waals surface area contributed by atoms with Crippen LogP contribution in [0.4, 0.5) is 0 Å². The van der Waals surface area contributed by atoms with Crippen LogP contribution < -0.4 is 5.32 Å². The van der Waals surface area contributed by atoms with Crippen molar-refractivity contribution in [2.24, 2.45) is 0 Å². The van der Waals surface area contributed by atoms with Gasteiger partial charge in [-0.1, -0.05) is 6.92 Å². The van der Waals surface area contributed by atoms with Crippen molar-refractivity contribution < 1.29 is 14.7 Å². The summed E-state index contributed by atoms with van der Waals surface area (Å²) in [5, 5.41) is 11.5. The molecule has 15 heavy (non-hydrogen) atoms. The summed E-state index contributed by atoms with van der Waals surface area (Å²) in [4.78, 5) is 22.1. The van der Waals surface area contributed by atoms with Crippen LogP contribution in [0.2, 0.25) is 0 Å². The summed E-state index contributed by atoms with van der Waals surface area (Å²) in [5.41, 5.74) is 0. The molecule has 0 bridgehead atoms. The van der Waals surface area contributed by atoms with Gasteiger partial charge in [0.1, 0.15) is 5.25 Å². The maximum atomic E-state index is 11.3. The average Bonchev–Trinajstić information content (AvgIpc) is 2.38. The van der Waals surface area contributed by atoms with Crippen molar-refractivity contribution in [2.45, 2.75) is 43.1 Å². The standard InChI is InChI=1S/C10H17NO3S/c1-2-8(10(13)14)15-7-4-3-5-11-9(12)6-7/h7-8H,2-6H2,1H3,(H,11,12)(H,13,14). The molecule has 1 aliphatic heterocycles. The molecule has 5 heteroatoms. The van der Waals surface area contributed by atoms with Crippen LogP contribution in [0.25, 0.3) is 0 Å². The topological polar surface area (TPSA) is 66.4 Å². The van der Waals surface area contributed by atoms with Crippen molar-refractivity contribution in [1.82, 2.24) is 5.32 Å². The zero-order valence-corrected chi connectivity index (χ0v) is 9.68. The van der Waals surface area contributed by atoms with Gasteiger partial charge < -0.3 is 10.4 Å². The highest BCUT2D eigenvalue weighted by Crippen LogP contribution is 2.27. The lowest BCUT2D eigenvalue weighted by atomic mass is 10.2. The van der Waals surface area contributed by atoms with Crippen LogP contribution >= 0.6 is 11.8 Å². The molecule has 0 aromatic rings. The predicted octanol–water partition coefficient (Wildman–Crippen LogP) is 1.25. The quantitative estimate of drug-likeness (QED) is 0.764. The zero-order valence-electron chi connectivity index (χ0n) is 8.86. The Kier molecular flexibility index (Phi) is 4.94. The molecule has 1 saturated heterocycles. The Labute approximate surface area is 93.8 Å². The van der Waals surface area contributed by atoms with E-state index < -0.39 is 5.97 Å². The highest BCUT2D eigenvalue weighted by atomic mass is 32.2. The van der Waals surface area contributed by atoms with Gasteiger partial charge in [0.25, 0.3) is 0 Å². The Morgan fingerprint density at radius 3 is 3.07 bits per heavy atom. The molecule has 2 atom stereocenters. The van der Waals surface area contributed by atoms with Gasteiger partial charge in [0, 0.05) is 18.2 Å². The number of carboxylic acids is 1. The summed E-state index contributed by atoms with van der Waals surface area (Å²) in [5.74, 6) is -0.725. The van der Waals surface area contributed by atoms with Crippen LogP contribution in [-0.4, -0.2) is 34.0 Å². The van der Waals surface area contributed by atoms with Crippen LogP contribution in [-0.2, 0) is 9.59 Å². The molecule has 0 saturated carbocycles. The minimum Gasteiger partial charge on any atom is -0.480 e. The maximum Gasteiger partial charge on any atom is 0.316 e. The first kappa shape index (κ1) is 12.4. The van der Waals surface area contributed by atoms with E-state index in [9.17, 15) is 9.59 Å². The van der Waals surface area contributed by atoms with Gasteiger partial charge in [0.2, 0.25) is 5.91 Å². The summed E-state index contributed by atoms with van der Waals surface area (Å²) in [6.45, 7) is 2.59. The first-order valence-corrected chi connectivity index (χ1v) is 6.22. The van der Waals surface area contributed by atoms with Crippen molar-refractivity contribution >= 4 is 23.6 Å². The molecule has 1 amide bonds. The molecule has 0 aromatic heterocycles. The second kappa shape index (κ2) is 6.00. The largest absolute Gasteiger partial charge is 0.480 e. The summed E-state index contributed by atoms with van der Waals surface area (Å²) >= 11 is 1.43. The molecular weight excluding hydrogens is 214 g/mol. The van der Waals surface area contributed by atoms with Crippen molar-refractivity contribution in [1.29, 1.82) is 0 Å². The number of hydrogen-bond donors (Lipinski definition) is 2. The second-order valence-corrected chi connectivity index (χ2v) is 5.20. The zero-order chi connectivity index (χ0) is 11.3. The van der Waals surface area contributed by atoms with Gasteiger partial charge in [-0.2, -0.15) is 0 Å². The van der Waals surface area contributed by atoms with Gasteiger partial charge in [-0.25, -0.2) is 0 Å². The number of amides is 1. The molecule has 0 aliphatic carbocycles. The van der Waals surface area contributed by atoms with Gasteiger partial charge in [0.15, 0.2) is 0 Å². The molecule has 4 nitrogen and oxygen atoms in total. The highest BCUT2D eigenvalue weighted by Gasteiger charge is 2.24. The maximum absolute atomic E-state index is 11.3. The van der Waals surface area contributed by atoms with Gasteiger partial charge in [-0.3, -0.25) is 9.59 Å². The highest BCUT2D eigenvalue weighted by molar-refractivity contribution is 8.01. The van der Waals surface area contributed by atoms with Crippen LogP contribution in [0, 0.1) is 0 Å². The third-order valence-corrected chi connectivity index (χ3v) is 4.09. The SMILES string of the molecule is CCC(SC1CCCNC(=O)C1)C(=O)O. The number of carbonyl (C=O) groups excluding carboxylic acids is 1. The van der Waals surface area contributed by atoms with Crippen LogP contribution in [0.3, 0.4) is 0 Å². The van der Waals surface area contributed by atoms with Crippen LogP contribution in [0.1, 0.15) is 32.6 Å². The lowest BCUT2D eigenvalue weighted by Gasteiger charge is -2.16. The Bertz CT molecular complexity index is 245. The number of carboxylic acid groups (broad SMARTS) is 1. The van der Waals surface area contributed by atoms with Crippen molar-refractivity contribution in [3.63, 3.8) is 0 Å². The van der Waals surface area contributed by atoms with E-state index in [4.69, 9.17) is 5.11 Å². The van der Waals surface area contributed by atoms with E-state index in [1.54, 1.807) is 0 Å². The van der Waals surface area contributed by atoms with E-state index in [2.05, 4.69) is 5.32 Å². The molecule has 0 radical (unpaired) electrons. The fraction of sp³-hybridized carbons (Fsp3) is 0.800. The summed E-state index contributed by atoms with van der Waals surface area (Å²) in [7, 11) is 0. The number of thioether (sulfide) groups is 1. The molecule has 2 unspecified atom stereocenters. The molecule has 0 aromatic carbocycles. The molecule has 0 spiro atoms. The number of hydrogen-bond acceptors (Lipinski definition) is 3. The number of nitrogens with one attached hydrogen (secondary N) is 1. The molecule has 1 rings (SSSR count). The fourth-order valence-corrected chi connectivity index (χ4v) is 2.94. The van der Waals surface area contributed by atoms with E-state index in [1.165, 1.54) is 11.8 Å². The summed E-state index contributed by atoms with van der Waals surface area (Å²) in [6, 6.07) is 0.